The molecule has 0 atom stereocenters. The van der Waals surface area contributed by atoms with E-state index in [0.29, 0.717) is 24.7 Å². The Labute approximate surface area is 128 Å². The molecule has 1 saturated heterocycles. The van der Waals surface area contributed by atoms with Crippen LogP contribution >= 0.6 is 0 Å². The first kappa shape index (κ1) is 14.3. The van der Waals surface area contributed by atoms with Gasteiger partial charge < -0.3 is 14.1 Å². The number of carbonyl (C=O) groups excluding carboxylic acids is 1. The number of rotatable bonds is 4. The summed E-state index contributed by atoms with van der Waals surface area (Å²) in [4.78, 5) is 13.9. The zero-order valence-corrected chi connectivity index (χ0v) is 12.1. The van der Waals surface area contributed by atoms with Crippen molar-refractivity contribution in [1.29, 1.82) is 0 Å². The lowest BCUT2D eigenvalue weighted by molar-refractivity contribution is -0.127. The first-order valence-corrected chi connectivity index (χ1v) is 7.26. The molecule has 0 radical (unpaired) electrons. The van der Waals surface area contributed by atoms with Crippen molar-refractivity contribution < 1.29 is 13.9 Å². The van der Waals surface area contributed by atoms with E-state index in [9.17, 15) is 4.79 Å². The van der Waals surface area contributed by atoms with Crippen LogP contribution in [-0.2, 0) is 4.79 Å². The SMILES string of the molecule is O=C(/C=C/c1ccco1)N1CCC(Oc2cccnn2)CC1. The molecule has 3 heterocycles. The maximum Gasteiger partial charge on any atom is 0.246 e. The number of aromatic nitrogens is 2. The highest BCUT2D eigenvalue weighted by atomic mass is 16.5. The smallest absolute Gasteiger partial charge is 0.246 e. The van der Waals surface area contributed by atoms with Crippen molar-refractivity contribution in [1.82, 2.24) is 15.1 Å². The minimum absolute atomic E-state index is 0.00523. The fourth-order valence-electron chi connectivity index (χ4n) is 2.36. The third-order valence-corrected chi connectivity index (χ3v) is 3.52. The summed E-state index contributed by atoms with van der Waals surface area (Å²) in [5, 5.41) is 7.70. The van der Waals surface area contributed by atoms with Gasteiger partial charge in [0.25, 0.3) is 0 Å². The van der Waals surface area contributed by atoms with E-state index in [1.54, 1.807) is 42.8 Å². The van der Waals surface area contributed by atoms with Gasteiger partial charge in [-0.1, -0.05) is 0 Å². The van der Waals surface area contributed by atoms with Crippen molar-refractivity contribution in [3.05, 3.63) is 48.6 Å². The number of piperidine rings is 1. The third kappa shape index (κ3) is 3.72. The van der Waals surface area contributed by atoms with Crippen molar-refractivity contribution in [2.24, 2.45) is 0 Å². The summed E-state index contributed by atoms with van der Waals surface area (Å²) >= 11 is 0. The molecule has 0 saturated carbocycles. The highest BCUT2D eigenvalue weighted by Crippen LogP contribution is 2.17. The Morgan fingerprint density at radius 2 is 2.18 bits per heavy atom. The van der Waals surface area contributed by atoms with Gasteiger partial charge in [-0.15, -0.1) is 5.10 Å². The van der Waals surface area contributed by atoms with Crippen LogP contribution in [0.5, 0.6) is 5.88 Å². The van der Waals surface area contributed by atoms with Crippen molar-refractivity contribution in [3.63, 3.8) is 0 Å². The van der Waals surface area contributed by atoms with Crippen LogP contribution in [0.25, 0.3) is 6.08 Å². The van der Waals surface area contributed by atoms with Crippen LogP contribution in [0.2, 0.25) is 0 Å². The molecule has 0 aromatic carbocycles. The molecule has 1 aliphatic rings. The Balaban J connectivity index is 1.48. The number of ether oxygens (including phenoxy) is 1. The Hall–Kier alpha value is -2.63. The monoisotopic (exact) mass is 299 g/mol. The number of likely N-dealkylation sites (tertiary alicyclic amines) is 1. The lowest BCUT2D eigenvalue weighted by Gasteiger charge is -2.31. The van der Waals surface area contributed by atoms with Crippen LogP contribution in [0.15, 0.2) is 47.2 Å². The second-order valence-electron chi connectivity index (χ2n) is 5.05. The van der Waals surface area contributed by atoms with Gasteiger partial charge in [-0.05, 0) is 24.3 Å². The van der Waals surface area contributed by atoms with Crippen molar-refractivity contribution >= 4 is 12.0 Å². The van der Waals surface area contributed by atoms with Gasteiger partial charge in [0.1, 0.15) is 11.9 Å². The standard InChI is InChI=1S/C16H17N3O3/c20-16(6-5-13-3-2-12-21-13)19-10-7-14(8-11-19)22-15-4-1-9-17-18-15/h1-6,9,12,14H,7-8,10-11H2/b6-5+. The average Bonchev–Trinajstić information content (AvgIpc) is 3.08. The van der Waals surface area contributed by atoms with E-state index >= 15 is 0 Å². The van der Waals surface area contributed by atoms with Gasteiger partial charge in [0.15, 0.2) is 0 Å². The molecule has 3 rings (SSSR count). The van der Waals surface area contributed by atoms with Crippen LogP contribution in [0, 0.1) is 0 Å². The van der Waals surface area contributed by atoms with Gasteiger partial charge >= 0.3 is 0 Å². The molecule has 22 heavy (non-hydrogen) atoms. The van der Waals surface area contributed by atoms with E-state index in [1.165, 1.54) is 0 Å². The van der Waals surface area contributed by atoms with E-state index in [-0.39, 0.29) is 12.0 Å². The molecule has 2 aromatic heterocycles. The maximum absolute atomic E-state index is 12.1. The Kier molecular flexibility index (Phi) is 4.48. The van der Waals surface area contributed by atoms with Crippen LogP contribution in [0.1, 0.15) is 18.6 Å². The van der Waals surface area contributed by atoms with Gasteiger partial charge in [0, 0.05) is 44.3 Å². The van der Waals surface area contributed by atoms with E-state index in [0.717, 1.165) is 12.8 Å². The van der Waals surface area contributed by atoms with Gasteiger partial charge in [0.05, 0.1) is 6.26 Å². The normalized spacial score (nSPS) is 16.1. The molecular weight excluding hydrogens is 282 g/mol. The van der Waals surface area contributed by atoms with Crippen LogP contribution in [0.4, 0.5) is 0 Å². The zero-order valence-electron chi connectivity index (χ0n) is 12.1. The number of hydrogen-bond donors (Lipinski definition) is 0. The molecule has 0 aliphatic carbocycles. The molecule has 1 amide bonds. The molecule has 2 aromatic rings. The topological polar surface area (TPSA) is 68.5 Å². The third-order valence-electron chi connectivity index (χ3n) is 3.52. The molecule has 1 aliphatic heterocycles. The predicted molar refractivity (Wildman–Crippen MR) is 80.0 cm³/mol. The largest absolute Gasteiger partial charge is 0.473 e. The van der Waals surface area contributed by atoms with E-state index < -0.39 is 0 Å². The van der Waals surface area contributed by atoms with E-state index in [1.807, 2.05) is 11.0 Å². The Morgan fingerprint density at radius 3 is 2.86 bits per heavy atom. The Morgan fingerprint density at radius 1 is 1.32 bits per heavy atom. The second-order valence-corrected chi connectivity index (χ2v) is 5.05. The average molecular weight is 299 g/mol. The van der Waals surface area contributed by atoms with Crippen molar-refractivity contribution in [2.45, 2.75) is 18.9 Å². The number of hydrogen-bond acceptors (Lipinski definition) is 5. The summed E-state index contributed by atoms with van der Waals surface area (Å²) in [5.41, 5.74) is 0. The minimum Gasteiger partial charge on any atom is -0.473 e. The molecule has 0 unspecified atom stereocenters. The van der Waals surface area contributed by atoms with Crippen LogP contribution < -0.4 is 4.74 Å². The summed E-state index contributed by atoms with van der Waals surface area (Å²) < 4.78 is 10.9. The highest BCUT2D eigenvalue weighted by Gasteiger charge is 2.23. The molecule has 1 fully saturated rings. The van der Waals surface area contributed by atoms with E-state index in [4.69, 9.17) is 9.15 Å². The fourth-order valence-corrected chi connectivity index (χ4v) is 2.36. The second kappa shape index (κ2) is 6.89. The van der Waals surface area contributed by atoms with Gasteiger partial charge in [-0.25, -0.2) is 0 Å². The Bertz CT molecular complexity index is 617. The predicted octanol–water partition coefficient (Wildman–Crippen LogP) is 2.15. The summed E-state index contributed by atoms with van der Waals surface area (Å²) in [7, 11) is 0. The fraction of sp³-hybridized carbons (Fsp3) is 0.312. The van der Waals surface area contributed by atoms with Gasteiger partial charge in [0.2, 0.25) is 11.8 Å². The zero-order chi connectivity index (χ0) is 15.2. The lowest BCUT2D eigenvalue weighted by Crippen LogP contribution is -2.41. The number of nitrogens with zero attached hydrogens (tertiary/aromatic N) is 3. The minimum atomic E-state index is -0.00523. The van der Waals surface area contributed by atoms with Crippen molar-refractivity contribution in [3.8, 4) is 5.88 Å². The molecular formula is C16H17N3O3. The first-order valence-electron chi connectivity index (χ1n) is 7.26. The summed E-state index contributed by atoms with van der Waals surface area (Å²) in [6.45, 7) is 1.35. The van der Waals surface area contributed by atoms with Crippen molar-refractivity contribution in [2.75, 3.05) is 13.1 Å². The highest BCUT2D eigenvalue weighted by molar-refractivity contribution is 5.91. The quantitative estimate of drug-likeness (QED) is 0.809. The van der Waals surface area contributed by atoms with Crippen LogP contribution in [-0.4, -0.2) is 40.2 Å². The number of amides is 1. The number of carbonyl (C=O) groups is 1. The molecule has 0 N–H and O–H groups in total. The maximum atomic E-state index is 12.1. The molecule has 0 spiro atoms. The molecule has 0 bridgehead atoms. The first-order chi connectivity index (χ1) is 10.8. The summed E-state index contributed by atoms with van der Waals surface area (Å²) in [6, 6.07) is 7.18. The van der Waals surface area contributed by atoms with Crippen LogP contribution in [0.3, 0.4) is 0 Å². The number of furan rings is 1. The van der Waals surface area contributed by atoms with Gasteiger partial charge in [-0.3, -0.25) is 4.79 Å². The summed E-state index contributed by atoms with van der Waals surface area (Å²) in [5.74, 6) is 1.20. The lowest BCUT2D eigenvalue weighted by atomic mass is 10.1. The van der Waals surface area contributed by atoms with Gasteiger partial charge in [-0.2, -0.15) is 5.10 Å². The molecule has 6 heteroatoms. The molecule has 114 valence electrons. The summed E-state index contributed by atoms with van der Waals surface area (Å²) in [6.07, 6.45) is 8.08. The molecule has 6 nitrogen and oxygen atoms in total. The van der Waals surface area contributed by atoms with E-state index in [2.05, 4.69) is 10.2 Å².